The quantitative estimate of drug-likeness (QED) is 0.509. The molecule has 1 fully saturated rings. The number of hydrogen-bond donors (Lipinski definition) is 2. The average Bonchev–Trinajstić information content (AvgIpc) is 3.24. The number of hydrogen-bond acceptors (Lipinski definition) is 8. The number of aromatic nitrogens is 2. The van der Waals surface area contributed by atoms with E-state index < -0.39 is 15.9 Å². The molecule has 3 aromatic rings. The number of anilines is 3. The van der Waals surface area contributed by atoms with Gasteiger partial charge in [-0.1, -0.05) is 35.1 Å². The SMILES string of the molecule is CN1CCN(c2ccc(NS(=O)(=O)c3nnc(NC(=O)c4ccccc4Cl)s3)cc2)CC1. The predicted octanol–water partition coefficient (Wildman–Crippen LogP) is 3.00. The van der Waals surface area contributed by atoms with Crippen LogP contribution in [0.5, 0.6) is 0 Å². The largest absolute Gasteiger partial charge is 0.369 e. The number of halogens is 1. The molecule has 0 atom stereocenters. The number of piperazine rings is 1. The maximum atomic E-state index is 12.7. The van der Waals surface area contributed by atoms with Gasteiger partial charge in [-0.05, 0) is 43.4 Å². The third-order valence-corrected chi connectivity index (χ3v) is 7.88. The van der Waals surface area contributed by atoms with Crippen molar-refractivity contribution in [2.24, 2.45) is 0 Å². The highest BCUT2D eigenvalue weighted by Crippen LogP contribution is 2.25. The summed E-state index contributed by atoms with van der Waals surface area (Å²) in [4.78, 5) is 16.9. The Kier molecular flexibility index (Phi) is 6.60. The first-order valence-corrected chi connectivity index (χ1v) is 12.5. The van der Waals surface area contributed by atoms with Gasteiger partial charge in [0.15, 0.2) is 0 Å². The van der Waals surface area contributed by atoms with Gasteiger partial charge in [0.05, 0.1) is 10.6 Å². The zero-order valence-electron chi connectivity index (χ0n) is 17.2. The molecule has 0 spiro atoms. The van der Waals surface area contributed by atoms with E-state index in [1.54, 1.807) is 36.4 Å². The molecule has 0 aliphatic carbocycles. The van der Waals surface area contributed by atoms with Crippen molar-refractivity contribution in [3.05, 3.63) is 59.1 Å². The molecule has 168 valence electrons. The van der Waals surface area contributed by atoms with Crippen LogP contribution in [0.2, 0.25) is 5.02 Å². The molecule has 1 amide bonds. The molecule has 0 unspecified atom stereocenters. The summed E-state index contributed by atoms with van der Waals surface area (Å²) < 4.78 is 27.6. The van der Waals surface area contributed by atoms with E-state index >= 15 is 0 Å². The molecule has 2 N–H and O–H groups in total. The first-order valence-electron chi connectivity index (χ1n) is 9.77. The third kappa shape index (κ3) is 5.18. The van der Waals surface area contributed by atoms with Crippen LogP contribution in [0.3, 0.4) is 0 Å². The maximum Gasteiger partial charge on any atom is 0.291 e. The van der Waals surface area contributed by atoms with Crippen LogP contribution in [-0.4, -0.2) is 62.6 Å². The molecule has 1 aliphatic rings. The van der Waals surface area contributed by atoms with Gasteiger partial charge in [-0.15, -0.1) is 10.2 Å². The van der Waals surface area contributed by atoms with Crippen molar-refractivity contribution in [1.82, 2.24) is 15.1 Å². The van der Waals surface area contributed by atoms with Crippen LogP contribution in [0, 0.1) is 0 Å². The van der Waals surface area contributed by atoms with Gasteiger partial charge in [0.25, 0.3) is 20.3 Å². The Bertz CT molecular complexity index is 1210. The van der Waals surface area contributed by atoms with Gasteiger partial charge in [0, 0.05) is 37.6 Å². The standard InChI is InChI=1S/C20H21ClN6O3S2/c1-26-10-12-27(13-11-26)15-8-6-14(7-9-15)25-32(29,30)20-24-23-19(31-20)22-18(28)16-4-2-3-5-17(16)21/h2-9,25H,10-13H2,1H3,(H,22,23,28). The van der Waals surface area contributed by atoms with Crippen molar-refractivity contribution < 1.29 is 13.2 Å². The van der Waals surface area contributed by atoms with Crippen LogP contribution in [-0.2, 0) is 10.0 Å². The Morgan fingerprint density at radius 1 is 1.03 bits per heavy atom. The molecule has 1 aromatic heterocycles. The van der Waals surface area contributed by atoms with Crippen LogP contribution in [0.15, 0.2) is 52.9 Å². The number of carbonyl (C=O) groups is 1. The van der Waals surface area contributed by atoms with E-state index in [9.17, 15) is 13.2 Å². The van der Waals surface area contributed by atoms with Crippen molar-refractivity contribution in [1.29, 1.82) is 0 Å². The van der Waals surface area contributed by atoms with E-state index in [4.69, 9.17) is 11.6 Å². The lowest BCUT2D eigenvalue weighted by Crippen LogP contribution is -2.44. The highest BCUT2D eigenvalue weighted by Gasteiger charge is 2.22. The molecule has 4 rings (SSSR count). The fourth-order valence-corrected chi connectivity index (χ4v) is 5.36. The Morgan fingerprint density at radius 2 is 1.72 bits per heavy atom. The number of carbonyl (C=O) groups excluding carboxylic acids is 1. The predicted molar refractivity (Wildman–Crippen MR) is 126 cm³/mol. The van der Waals surface area contributed by atoms with Crippen LogP contribution in [0.25, 0.3) is 0 Å². The zero-order valence-corrected chi connectivity index (χ0v) is 19.5. The fourth-order valence-electron chi connectivity index (χ4n) is 3.18. The van der Waals surface area contributed by atoms with Crippen molar-refractivity contribution in [3.63, 3.8) is 0 Å². The summed E-state index contributed by atoms with van der Waals surface area (Å²) in [5.74, 6) is -0.497. The second-order valence-corrected chi connectivity index (χ2v) is 10.5. The van der Waals surface area contributed by atoms with E-state index in [-0.39, 0.29) is 20.1 Å². The molecule has 0 radical (unpaired) electrons. The van der Waals surface area contributed by atoms with E-state index in [1.165, 1.54) is 0 Å². The number of benzene rings is 2. The van der Waals surface area contributed by atoms with Gasteiger partial charge < -0.3 is 9.80 Å². The van der Waals surface area contributed by atoms with E-state index in [0.717, 1.165) is 43.2 Å². The summed E-state index contributed by atoms with van der Waals surface area (Å²) >= 11 is 6.77. The van der Waals surface area contributed by atoms with Gasteiger partial charge >= 0.3 is 0 Å². The van der Waals surface area contributed by atoms with Crippen LogP contribution in [0.4, 0.5) is 16.5 Å². The molecule has 2 heterocycles. The molecule has 0 saturated carbocycles. The molecule has 2 aromatic carbocycles. The minimum atomic E-state index is -3.95. The smallest absolute Gasteiger partial charge is 0.291 e. The van der Waals surface area contributed by atoms with Gasteiger partial charge in [-0.25, -0.2) is 0 Å². The normalized spacial score (nSPS) is 14.9. The lowest BCUT2D eigenvalue weighted by Gasteiger charge is -2.34. The third-order valence-electron chi connectivity index (χ3n) is 4.96. The van der Waals surface area contributed by atoms with Crippen molar-refractivity contribution in [2.75, 3.05) is 48.2 Å². The molecule has 9 nitrogen and oxygen atoms in total. The molecule has 1 saturated heterocycles. The highest BCUT2D eigenvalue weighted by atomic mass is 35.5. The van der Waals surface area contributed by atoms with Gasteiger partial charge in [0.2, 0.25) is 5.13 Å². The number of nitrogens with one attached hydrogen (secondary N) is 2. The summed E-state index contributed by atoms with van der Waals surface area (Å²) in [5.41, 5.74) is 1.72. The number of rotatable bonds is 6. The number of amides is 1. The Hall–Kier alpha value is -2.73. The second-order valence-electron chi connectivity index (χ2n) is 7.25. The minimum absolute atomic E-state index is 0.0562. The van der Waals surface area contributed by atoms with Crippen LogP contribution in [0.1, 0.15) is 10.4 Å². The lowest BCUT2D eigenvalue weighted by atomic mass is 10.2. The monoisotopic (exact) mass is 492 g/mol. The van der Waals surface area contributed by atoms with Crippen molar-refractivity contribution >= 4 is 55.4 Å². The first-order chi connectivity index (χ1) is 15.3. The summed E-state index contributed by atoms with van der Waals surface area (Å²) in [6.07, 6.45) is 0. The topological polar surface area (TPSA) is 108 Å². The number of likely N-dealkylation sites (N-methyl/N-ethyl adjacent to an activating group) is 1. The summed E-state index contributed by atoms with van der Waals surface area (Å²) in [6, 6.07) is 13.7. The van der Waals surface area contributed by atoms with Crippen LogP contribution < -0.4 is 14.9 Å². The first kappa shape index (κ1) is 22.5. The molecular weight excluding hydrogens is 472 g/mol. The molecule has 0 bridgehead atoms. The van der Waals surface area contributed by atoms with Gasteiger partial charge in [0.1, 0.15) is 0 Å². The summed E-state index contributed by atoms with van der Waals surface area (Å²) in [5, 5.41) is 10.3. The maximum absolute atomic E-state index is 12.7. The number of sulfonamides is 1. The minimum Gasteiger partial charge on any atom is -0.369 e. The molecule has 32 heavy (non-hydrogen) atoms. The van der Waals surface area contributed by atoms with Crippen molar-refractivity contribution in [3.8, 4) is 0 Å². The van der Waals surface area contributed by atoms with Crippen LogP contribution >= 0.6 is 22.9 Å². The summed E-state index contributed by atoms with van der Waals surface area (Å²) in [7, 11) is -1.86. The molecule has 1 aliphatic heterocycles. The molecule has 12 heteroatoms. The van der Waals surface area contributed by atoms with Gasteiger partial charge in [-0.2, -0.15) is 8.42 Å². The number of nitrogens with zero attached hydrogens (tertiary/aromatic N) is 4. The Morgan fingerprint density at radius 3 is 2.41 bits per heavy atom. The molecular formula is C20H21ClN6O3S2. The van der Waals surface area contributed by atoms with E-state index in [1.807, 2.05) is 12.1 Å². The zero-order chi connectivity index (χ0) is 22.7. The average molecular weight is 493 g/mol. The second kappa shape index (κ2) is 9.41. The van der Waals surface area contributed by atoms with E-state index in [0.29, 0.717) is 5.69 Å². The van der Waals surface area contributed by atoms with E-state index in [2.05, 4.69) is 37.1 Å². The van der Waals surface area contributed by atoms with Crippen molar-refractivity contribution in [2.45, 2.75) is 4.34 Å². The fraction of sp³-hybridized carbons (Fsp3) is 0.250. The lowest BCUT2D eigenvalue weighted by molar-refractivity contribution is 0.102. The Labute approximate surface area is 195 Å². The van der Waals surface area contributed by atoms with Gasteiger partial charge in [-0.3, -0.25) is 14.8 Å². The highest BCUT2D eigenvalue weighted by molar-refractivity contribution is 7.94. The Balaban J connectivity index is 1.41. The summed E-state index contributed by atoms with van der Waals surface area (Å²) in [6.45, 7) is 3.83.